The second kappa shape index (κ2) is 5.14. The predicted molar refractivity (Wildman–Crippen MR) is 66.3 cm³/mol. The quantitative estimate of drug-likeness (QED) is 0.639. The lowest BCUT2D eigenvalue weighted by Crippen LogP contribution is -2.13. The summed E-state index contributed by atoms with van der Waals surface area (Å²) >= 11 is 0. The highest BCUT2D eigenvalue weighted by atomic mass is 16.6. The van der Waals surface area contributed by atoms with Crippen LogP contribution >= 0.6 is 0 Å². The molecule has 0 atom stereocenters. The van der Waals surface area contributed by atoms with Crippen LogP contribution in [-0.2, 0) is 0 Å². The Kier molecular flexibility index (Phi) is 3.37. The van der Waals surface area contributed by atoms with Crippen LogP contribution in [0.25, 0.3) is 0 Å². The minimum atomic E-state index is -0.788. The van der Waals surface area contributed by atoms with Gasteiger partial charge in [-0.3, -0.25) is 14.9 Å². The molecule has 0 radical (unpaired) electrons. The average molecular weight is 277 g/mol. The van der Waals surface area contributed by atoms with Gasteiger partial charge in [-0.25, -0.2) is 0 Å². The number of nitro groups is 2. The first-order valence-corrected chi connectivity index (χ1v) is 5.23. The van der Waals surface area contributed by atoms with E-state index in [4.69, 9.17) is 0 Å². The lowest BCUT2D eigenvalue weighted by Gasteiger charge is -2.02. The Morgan fingerprint density at radius 2 is 1.90 bits per heavy atom. The molecule has 1 aromatic carbocycles. The number of carbonyl (C=O) groups is 1. The number of nitrogens with one attached hydrogen (secondary N) is 2. The summed E-state index contributed by atoms with van der Waals surface area (Å²) in [6.45, 7) is 0. The fraction of sp³-hybridized carbons (Fsp3) is 0. The van der Waals surface area contributed by atoms with Crippen molar-refractivity contribution >= 4 is 23.1 Å². The molecule has 1 aromatic heterocycles. The van der Waals surface area contributed by atoms with Gasteiger partial charge in [0, 0.05) is 6.07 Å². The number of aromatic nitrogens is 2. The Balaban J connectivity index is 2.23. The molecule has 10 nitrogen and oxygen atoms in total. The maximum atomic E-state index is 11.8. The zero-order chi connectivity index (χ0) is 14.7. The average Bonchev–Trinajstić information content (AvgIpc) is 2.89. The largest absolute Gasteiger partial charge is 0.358 e. The zero-order valence-corrected chi connectivity index (χ0v) is 9.77. The van der Waals surface area contributed by atoms with Crippen molar-refractivity contribution < 1.29 is 14.6 Å². The van der Waals surface area contributed by atoms with E-state index in [0.717, 1.165) is 6.07 Å². The lowest BCUT2D eigenvalue weighted by atomic mass is 10.2. The molecule has 0 aliphatic rings. The van der Waals surface area contributed by atoms with Gasteiger partial charge >= 0.3 is 5.82 Å². The minimum Gasteiger partial charge on any atom is -0.358 e. The van der Waals surface area contributed by atoms with E-state index in [2.05, 4.69) is 15.5 Å². The van der Waals surface area contributed by atoms with E-state index < -0.39 is 21.6 Å². The molecule has 10 heteroatoms. The molecule has 0 fully saturated rings. The number of hydrogen-bond acceptors (Lipinski definition) is 6. The number of benzene rings is 1. The highest BCUT2D eigenvalue weighted by Gasteiger charge is 2.20. The van der Waals surface area contributed by atoms with Crippen molar-refractivity contribution in [3.8, 4) is 0 Å². The SMILES string of the molecule is O=C(Nc1ccccc1[N+](=O)[O-])c1cc([N+](=O)[O-])[nH]n1. The van der Waals surface area contributed by atoms with Gasteiger partial charge in [-0.1, -0.05) is 17.2 Å². The molecule has 2 rings (SSSR count). The maximum absolute atomic E-state index is 11.8. The second-order valence-electron chi connectivity index (χ2n) is 3.62. The normalized spacial score (nSPS) is 10.0. The van der Waals surface area contributed by atoms with E-state index in [9.17, 15) is 25.0 Å². The van der Waals surface area contributed by atoms with Gasteiger partial charge in [0.1, 0.15) is 5.69 Å². The molecule has 0 spiro atoms. The third kappa shape index (κ3) is 2.58. The van der Waals surface area contributed by atoms with Crippen LogP contribution in [0.3, 0.4) is 0 Å². The molecule has 0 aliphatic heterocycles. The molecule has 0 saturated heterocycles. The molecule has 1 amide bonds. The number of nitro benzene ring substituents is 1. The van der Waals surface area contributed by atoms with Gasteiger partial charge in [0.15, 0.2) is 5.69 Å². The fourth-order valence-corrected chi connectivity index (χ4v) is 1.45. The highest BCUT2D eigenvalue weighted by Crippen LogP contribution is 2.23. The van der Waals surface area contributed by atoms with E-state index in [1.807, 2.05) is 0 Å². The van der Waals surface area contributed by atoms with Gasteiger partial charge in [-0.15, -0.1) is 5.10 Å². The number of nitrogens with zero attached hydrogens (tertiary/aromatic N) is 3. The minimum absolute atomic E-state index is 0.0202. The number of H-pyrrole nitrogens is 1. The predicted octanol–water partition coefficient (Wildman–Crippen LogP) is 1.48. The molecular weight excluding hydrogens is 270 g/mol. The molecule has 2 aromatic rings. The second-order valence-corrected chi connectivity index (χ2v) is 3.62. The lowest BCUT2D eigenvalue weighted by molar-refractivity contribution is -0.389. The van der Waals surface area contributed by atoms with Crippen molar-refractivity contribution in [2.24, 2.45) is 0 Å². The molecule has 102 valence electrons. The van der Waals surface area contributed by atoms with Gasteiger partial charge in [0.2, 0.25) is 0 Å². The Morgan fingerprint density at radius 1 is 1.20 bits per heavy atom. The third-order valence-electron chi connectivity index (χ3n) is 2.34. The van der Waals surface area contributed by atoms with Gasteiger partial charge in [-0.2, -0.15) is 0 Å². The first kappa shape index (κ1) is 13.1. The Bertz CT molecular complexity index is 695. The molecular formula is C10H7N5O5. The van der Waals surface area contributed by atoms with Gasteiger partial charge < -0.3 is 15.4 Å². The number of anilines is 1. The van der Waals surface area contributed by atoms with E-state index in [1.54, 1.807) is 0 Å². The van der Waals surface area contributed by atoms with E-state index in [-0.39, 0.29) is 17.1 Å². The molecule has 2 N–H and O–H groups in total. The summed E-state index contributed by atoms with van der Waals surface area (Å²) in [4.78, 5) is 31.6. The molecule has 0 saturated carbocycles. The third-order valence-corrected chi connectivity index (χ3v) is 2.34. The Hall–Kier alpha value is -3.30. The monoisotopic (exact) mass is 277 g/mol. The van der Waals surface area contributed by atoms with Crippen LogP contribution in [0.4, 0.5) is 17.2 Å². The van der Waals surface area contributed by atoms with Crippen molar-refractivity contribution in [3.63, 3.8) is 0 Å². The molecule has 0 bridgehead atoms. The smallest absolute Gasteiger partial charge is 0.343 e. The molecule has 1 heterocycles. The molecule has 20 heavy (non-hydrogen) atoms. The number of hydrogen-bond donors (Lipinski definition) is 2. The summed E-state index contributed by atoms with van der Waals surface area (Å²) in [5, 5.41) is 29.0. The summed E-state index contributed by atoms with van der Waals surface area (Å²) in [5.74, 6) is -1.23. The Morgan fingerprint density at radius 3 is 2.50 bits per heavy atom. The summed E-state index contributed by atoms with van der Waals surface area (Å²) in [7, 11) is 0. The van der Waals surface area contributed by atoms with Crippen molar-refractivity contribution in [1.29, 1.82) is 0 Å². The van der Waals surface area contributed by atoms with Crippen LogP contribution in [0.2, 0.25) is 0 Å². The first-order valence-electron chi connectivity index (χ1n) is 5.23. The van der Waals surface area contributed by atoms with Gasteiger partial charge in [0.05, 0.1) is 11.0 Å². The van der Waals surface area contributed by atoms with Crippen molar-refractivity contribution in [2.45, 2.75) is 0 Å². The van der Waals surface area contributed by atoms with E-state index >= 15 is 0 Å². The molecule has 0 aliphatic carbocycles. The zero-order valence-electron chi connectivity index (χ0n) is 9.77. The summed E-state index contributed by atoms with van der Waals surface area (Å²) in [6, 6.07) is 6.46. The van der Waals surface area contributed by atoms with Gasteiger partial charge in [-0.05, 0) is 11.0 Å². The standard InChI is InChI=1S/C10H7N5O5/c16-10(7-5-9(13-12-7)15(19)20)11-6-3-1-2-4-8(6)14(17)18/h1-5H,(H,11,16)(H,12,13). The topological polar surface area (TPSA) is 144 Å². The first-order chi connectivity index (χ1) is 9.49. The molecule has 0 unspecified atom stereocenters. The maximum Gasteiger partial charge on any atom is 0.343 e. The summed E-state index contributed by atoms with van der Waals surface area (Å²) in [5.41, 5.74) is -0.547. The van der Waals surface area contributed by atoms with Crippen LogP contribution in [-0.4, -0.2) is 26.0 Å². The van der Waals surface area contributed by atoms with Crippen LogP contribution in [0.5, 0.6) is 0 Å². The highest BCUT2D eigenvalue weighted by molar-refractivity contribution is 6.04. The number of amides is 1. The summed E-state index contributed by atoms with van der Waals surface area (Å²) < 4.78 is 0. The number of aromatic amines is 1. The van der Waals surface area contributed by atoms with Crippen LogP contribution in [0.1, 0.15) is 10.5 Å². The van der Waals surface area contributed by atoms with E-state index in [1.165, 1.54) is 24.3 Å². The number of para-hydroxylation sites is 2. The van der Waals surface area contributed by atoms with Crippen molar-refractivity contribution in [2.75, 3.05) is 5.32 Å². The number of rotatable bonds is 4. The van der Waals surface area contributed by atoms with Crippen LogP contribution in [0, 0.1) is 20.2 Å². The van der Waals surface area contributed by atoms with Crippen molar-refractivity contribution in [3.05, 3.63) is 56.3 Å². The summed E-state index contributed by atoms with van der Waals surface area (Å²) in [6.07, 6.45) is 0. The number of carbonyl (C=O) groups excluding carboxylic acids is 1. The van der Waals surface area contributed by atoms with Crippen LogP contribution in [0.15, 0.2) is 30.3 Å². The Labute approximate surface area is 110 Å². The van der Waals surface area contributed by atoms with Crippen LogP contribution < -0.4 is 5.32 Å². The van der Waals surface area contributed by atoms with Gasteiger partial charge in [0.25, 0.3) is 11.6 Å². The van der Waals surface area contributed by atoms with E-state index in [0.29, 0.717) is 0 Å². The van der Waals surface area contributed by atoms with Crippen molar-refractivity contribution in [1.82, 2.24) is 10.2 Å². The fourth-order valence-electron chi connectivity index (χ4n) is 1.45.